The third kappa shape index (κ3) is 2.55. The van der Waals surface area contributed by atoms with Crippen LogP contribution in [0.2, 0.25) is 0 Å². The summed E-state index contributed by atoms with van der Waals surface area (Å²) in [5.41, 5.74) is 1.43. The van der Waals surface area contributed by atoms with E-state index in [2.05, 4.69) is 5.32 Å². The number of amides is 2. The molecule has 106 valence electrons. The minimum atomic E-state index is -0.0564. The van der Waals surface area contributed by atoms with Crippen LogP contribution >= 0.6 is 0 Å². The number of hydrogen-bond donors (Lipinski definition) is 1. The number of benzene rings is 1. The molecule has 2 aliphatic rings. The smallest absolute Gasteiger partial charge is 0.322 e. The molecule has 1 aliphatic carbocycles. The predicted octanol–water partition coefficient (Wildman–Crippen LogP) is 3.12. The number of Topliss-reactive ketones (excluding diaryl/α,β-unsaturated/α-hetero) is 1. The van der Waals surface area contributed by atoms with Gasteiger partial charge in [0.1, 0.15) is 0 Å². The third-order valence-corrected chi connectivity index (χ3v) is 4.21. The highest BCUT2D eigenvalue weighted by molar-refractivity contribution is 6.06. The van der Waals surface area contributed by atoms with E-state index in [0.717, 1.165) is 24.9 Å². The molecule has 20 heavy (non-hydrogen) atoms. The van der Waals surface area contributed by atoms with Gasteiger partial charge in [-0.25, -0.2) is 4.79 Å². The first-order valence-corrected chi connectivity index (χ1v) is 7.46. The van der Waals surface area contributed by atoms with E-state index in [1.54, 1.807) is 4.90 Å². The number of nitrogens with one attached hydrogen (secondary N) is 1. The van der Waals surface area contributed by atoms with Crippen LogP contribution in [0.15, 0.2) is 24.3 Å². The van der Waals surface area contributed by atoms with Crippen LogP contribution < -0.4 is 10.2 Å². The van der Waals surface area contributed by atoms with Gasteiger partial charge in [-0.1, -0.05) is 25.0 Å². The lowest BCUT2D eigenvalue weighted by molar-refractivity contribution is 0.0983. The van der Waals surface area contributed by atoms with E-state index in [0.29, 0.717) is 24.6 Å². The number of fused-ring (bicyclic) bond motifs is 1. The lowest BCUT2D eigenvalue weighted by atomic mass is 10.1. The zero-order chi connectivity index (χ0) is 13.9. The first-order chi connectivity index (χ1) is 9.75. The SMILES string of the molecule is O=C1CCCN(C(=O)NC2CCCC2)c2ccccc21. The fourth-order valence-corrected chi connectivity index (χ4v) is 3.13. The minimum Gasteiger partial charge on any atom is -0.335 e. The van der Waals surface area contributed by atoms with Gasteiger partial charge in [-0.15, -0.1) is 0 Å². The Bertz CT molecular complexity index is 521. The molecular weight excluding hydrogens is 252 g/mol. The minimum absolute atomic E-state index is 0.0564. The maximum atomic E-state index is 12.5. The monoisotopic (exact) mass is 272 g/mol. The summed E-state index contributed by atoms with van der Waals surface area (Å²) in [6.45, 7) is 0.612. The zero-order valence-electron chi connectivity index (χ0n) is 11.6. The molecule has 0 radical (unpaired) electrons. The predicted molar refractivity (Wildman–Crippen MR) is 78.1 cm³/mol. The van der Waals surface area contributed by atoms with Crippen molar-refractivity contribution in [3.8, 4) is 0 Å². The summed E-state index contributed by atoms with van der Waals surface area (Å²) in [6.07, 6.45) is 5.77. The number of para-hydroxylation sites is 1. The van der Waals surface area contributed by atoms with Gasteiger partial charge in [-0.3, -0.25) is 9.69 Å². The lowest BCUT2D eigenvalue weighted by Crippen LogP contribution is -2.44. The molecule has 1 aromatic carbocycles. The topological polar surface area (TPSA) is 49.4 Å². The second-order valence-electron chi connectivity index (χ2n) is 5.63. The van der Waals surface area contributed by atoms with E-state index < -0.39 is 0 Å². The molecule has 2 amide bonds. The van der Waals surface area contributed by atoms with Crippen molar-refractivity contribution in [2.24, 2.45) is 0 Å². The van der Waals surface area contributed by atoms with Crippen LogP contribution in [0.1, 0.15) is 48.9 Å². The molecule has 1 heterocycles. The second kappa shape index (κ2) is 5.65. The van der Waals surface area contributed by atoms with Crippen molar-refractivity contribution < 1.29 is 9.59 Å². The fourth-order valence-electron chi connectivity index (χ4n) is 3.13. The maximum absolute atomic E-state index is 12.5. The first kappa shape index (κ1) is 13.2. The van der Waals surface area contributed by atoms with Crippen molar-refractivity contribution in [3.05, 3.63) is 29.8 Å². The van der Waals surface area contributed by atoms with E-state index in [1.807, 2.05) is 24.3 Å². The molecule has 1 N–H and O–H groups in total. The van der Waals surface area contributed by atoms with Gasteiger partial charge in [0.25, 0.3) is 0 Å². The Morgan fingerprint density at radius 1 is 1.15 bits per heavy atom. The van der Waals surface area contributed by atoms with Gasteiger partial charge in [0.05, 0.1) is 5.69 Å². The number of rotatable bonds is 1. The van der Waals surface area contributed by atoms with Crippen LogP contribution in [-0.4, -0.2) is 24.4 Å². The maximum Gasteiger partial charge on any atom is 0.322 e. The summed E-state index contributed by atoms with van der Waals surface area (Å²) >= 11 is 0. The summed E-state index contributed by atoms with van der Waals surface area (Å²) < 4.78 is 0. The number of carbonyl (C=O) groups is 2. The van der Waals surface area contributed by atoms with Crippen molar-refractivity contribution in [2.75, 3.05) is 11.4 Å². The van der Waals surface area contributed by atoms with Crippen molar-refractivity contribution in [3.63, 3.8) is 0 Å². The van der Waals surface area contributed by atoms with Crippen molar-refractivity contribution in [2.45, 2.75) is 44.6 Å². The molecule has 1 aromatic rings. The van der Waals surface area contributed by atoms with Gasteiger partial charge in [0.15, 0.2) is 5.78 Å². The third-order valence-electron chi connectivity index (χ3n) is 4.21. The van der Waals surface area contributed by atoms with Crippen LogP contribution in [-0.2, 0) is 0 Å². The summed E-state index contributed by atoms with van der Waals surface area (Å²) in [4.78, 5) is 26.3. The van der Waals surface area contributed by atoms with Crippen LogP contribution in [0.25, 0.3) is 0 Å². The van der Waals surface area contributed by atoms with Crippen LogP contribution in [0.4, 0.5) is 10.5 Å². The highest BCUT2D eigenvalue weighted by atomic mass is 16.2. The Hall–Kier alpha value is -1.84. The summed E-state index contributed by atoms with van der Waals surface area (Å²) in [6, 6.07) is 7.67. The van der Waals surface area contributed by atoms with Crippen LogP contribution in [0, 0.1) is 0 Å². The summed E-state index contributed by atoms with van der Waals surface area (Å²) in [5, 5.41) is 3.11. The van der Waals surface area contributed by atoms with E-state index in [9.17, 15) is 9.59 Å². The molecule has 1 fully saturated rings. The van der Waals surface area contributed by atoms with Gasteiger partial charge in [-0.05, 0) is 31.4 Å². The number of urea groups is 1. The molecule has 1 saturated carbocycles. The van der Waals surface area contributed by atoms with Crippen molar-refractivity contribution in [1.29, 1.82) is 0 Å². The van der Waals surface area contributed by atoms with Crippen molar-refractivity contribution in [1.82, 2.24) is 5.32 Å². The number of hydrogen-bond acceptors (Lipinski definition) is 2. The molecule has 0 aromatic heterocycles. The Morgan fingerprint density at radius 3 is 2.70 bits per heavy atom. The zero-order valence-corrected chi connectivity index (χ0v) is 11.6. The Labute approximate surface area is 119 Å². The van der Waals surface area contributed by atoms with E-state index in [1.165, 1.54) is 12.8 Å². The van der Waals surface area contributed by atoms with Crippen molar-refractivity contribution >= 4 is 17.5 Å². The average Bonchev–Trinajstić information content (AvgIpc) is 2.90. The lowest BCUT2D eigenvalue weighted by Gasteiger charge is -2.24. The summed E-state index contributed by atoms with van der Waals surface area (Å²) in [5.74, 6) is 0.136. The number of carbonyl (C=O) groups excluding carboxylic acids is 2. The van der Waals surface area contributed by atoms with Gasteiger partial charge in [0.2, 0.25) is 0 Å². The number of anilines is 1. The molecule has 4 heteroatoms. The number of nitrogens with zero attached hydrogens (tertiary/aromatic N) is 1. The first-order valence-electron chi connectivity index (χ1n) is 7.46. The quantitative estimate of drug-likeness (QED) is 0.854. The Morgan fingerprint density at radius 2 is 1.90 bits per heavy atom. The second-order valence-corrected chi connectivity index (χ2v) is 5.63. The number of ketones is 1. The molecule has 0 spiro atoms. The molecule has 0 atom stereocenters. The van der Waals surface area contributed by atoms with Gasteiger partial charge < -0.3 is 5.32 Å². The normalized spacial score (nSPS) is 19.6. The molecule has 0 bridgehead atoms. The Balaban J connectivity index is 1.83. The summed E-state index contributed by atoms with van der Waals surface area (Å²) in [7, 11) is 0. The highest BCUT2D eigenvalue weighted by Crippen LogP contribution is 2.26. The molecule has 4 nitrogen and oxygen atoms in total. The average molecular weight is 272 g/mol. The molecule has 1 aliphatic heterocycles. The van der Waals surface area contributed by atoms with Gasteiger partial charge in [-0.2, -0.15) is 0 Å². The van der Waals surface area contributed by atoms with Crippen LogP contribution in [0.3, 0.4) is 0 Å². The highest BCUT2D eigenvalue weighted by Gasteiger charge is 2.26. The molecular formula is C16H20N2O2. The fraction of sp³-hybridized carbons (Fsp3) is 0.500. The van der Waals surface area contributed by atoms with Gasteiger partial charge in [0, 0.05) is 24.6 Å². The standard InChI is InChI=1S/C16H20N2O2/c19-15-10-5-11-18(14-9-4-3-8-13(14)15)16(20)17-12-6-1-2-7-12/h3-4,8-9,12H,1-2,5-7,10-11H2,(H,17,20). The van der Waals surface area contributed by atoms with Gasteiger partial charge >= 0.3 is 6.03 Å². The largest absolute Gasteiger partial charge is 0.335 e. The van der Waals surface area contributed by atoms with Crippen LogP contribution in [0.5, 0.6) is 0 Å². The van der Waals surface area contributed by atoms with E-state index >= 15 is 0 Å². The van der Waals surface area contributed by atoms with E-state index in [4.69, 9.17) is 0 Å². The van der Waals surface area contributed by atoms with E-state index in [-0.39, 0.29) is 11.8 Å². The molecule has 0 saturated heterocycles. The Kier molecular flexibility index (Phi) is 3.72. The molecule has 0 unspecified atom stereocenters. The molecule has 3 rings (SSSR count).